The lowest BCUT2D eigenvalue weighted by molar-refractivity contribution is 0.752. The van der Waals surface area contributed by atoms with E-state index in [0.717, 1.165) is 23.6 Å². The monoisotopic (exact) mass is 187 g/mol. The molecule has 3 nitrogen and oxygen atoms in total. The van der Waals surface area contributed by atoms with Crippen molar-refractivity contribution in [2.45, 2.75) is 13.3 Å². The van der Waals surface area contributed by atoms with E-state index >= 15 is 0 Å². The van der Waals surface area contributed by atoms with Crippen LogP contribution in [0.5, 0.6) is 0 Å². The molecular formula is C11H13N3. The van der Waals surface area contributed by atoms with Crippen LogP contribution in [0.2, 0.25) is 0 Å². The fourth-order valence-electron chi connectivity index (χ4n) is 1.43. The summed E-state index contributed by atoms with van der Waals surface area (Å²) in [6.45, 7) is 2.06. The molecule has 0 aliphatic carbocycles. The Morgan fingerprint density at radius 2 is 1.93 bits per heavy atom. The number of hydrogen-bond donors (Lipinski definition) is 0. The summed E-state index contributed by atoms with van der Waals surface area (Å²) in [7, 11) is 1.93. The van der Waals surface area contributed by atoms with Gasteiger partial charge in [0, 0.05) is 19.0 Å². The lowest BCUT2D eigenvalue weighted by atomic mass is 10.2. The lowest BCUT2D eigenvalue weighted by Gasteiger charge is -1.97. The molecule has 0 spiro atoms. The molecule has 2 aromatic rings. The zero-order valence-electron chi connectivity index (χ0n) is 8.44. The molecule has 1 heterocycles. The number of aromatic nitrogens is 3. The van der Waals surface area contributed by atoms with Crippen LogP contribution in [0.15, 0.2) is 30.3 Å². The van der Waals surface area contributed by atoms with Gasteiger partial charge in [-0.3, -0.25) is 0 Å². The number of aryl methyl sites for hydroxylation is 2. The Bertz CT molecular complexity index is 417. The van der Waals surface area contributed by atoms with E-state index < -0.39 is 0 Å². The summed E-state index contributed by atoms with van der Waals surface area (Å²) in [6, 6.07) is 10.1. The average molecular weight is 187 g/mol. The van der Waals surface area contributed by atoms with Crippen LogP contribution < -0.4 is 0 Å². The second kappa shape index (κ2) is 3.62. The minimum Gasteiger partial charge on any atom is -0.249 e. The molecule has 1 aromatic carbocycles. The normalized spacial score (nSPS) is 10.4. The third-order valence-corrected chi connectivity index (χ3v) is 2.16. The van der Waals surface area contributed by atoms with Crippen LogP contribution in [-0.2, 0) is 13.5 Å². The maximum atomic E-state index is 4.45. The molecule has 0 fully saturated rings. The van der Waals surface area contributed by atoms with Gasteiger partial charge >= 0.3 is 0 Å². The van der Waals surface area contributed by atoms with Crippen molar-refractivity contribution in [1.29, 1.82) is 0 Å². The smallest absolute Gasteiger partial charge is 0.158 e. The first kappa shape index (κ1) is 8.94. The Hall–Kier alpha value is -1.64. The summed E-state index contributed by atoms with van der Waals surface area (Å²) in [6.07, 6.45) is 0.876. The fourth-order valence-corrected chi connectivity index (χ4v) is 1.43. The highest BCUT2D eigenvalue weighted by Crippen LogP contribution is 2.15. The number of hydrogen-bond acceptors (Lipinski definition) is 2. The quantitative estimate of drug-likeness (QED) is 0.720. The van der Waals surface area contributed by atoms with Gasteiger partial charge in [0.25, 0.3) is 0 Å². The van der Waals surface area contributed by atoms with E-state index in [1.165, 1.54) is 0 Å². The van der Waals surface area contributed by atoms with E-state index in [9.17, 15) is 0 Å². The van der Waals surface area contributed by atoms with Gasteiger partial charge in [0.2, 0.25) is 0 Å². The molecular weight excluding hydrogens is 174 g/mol. The van der Waals surface area contributed by atoms with Crippen molar-refractivity contribution in [3.8, 4) is 11.4 Å². The van der Waals surface area contributed by atoms with Crippen molar-refractivity contribution >= 4 is 0 Å². The molecule has 0 bridgehead atoms. The van der Waals surface area contributed by atoms with E-state index in [2.05, 4.69) is 17.0 Å². The molecule has 14 heavy (non-hydrogen) atoms. The maximum Gasteiger partial charge on any atom is 0.158 e. The lowest BCUT2D eigenvalue weighted by Crippen LogP contribution is -1.94. The zero-order valence-corrected chi connectivity index (χ0v) is 8.44. The minimum atomic E-state index is 0.876. The van der Waals surface area contributed by atoms with Crippen LogP contribution in [-0.4, -0.2) is 14.8 Å². The zero-order chi connectivity index (χ0) is 9.97. The van der Waals surface area contributed by atoms with Gasteiger partial charge in [-0.25, -0.2) is 9.67 Å². The van der Waals surface area contributed by atoms with Gasteiger partial charge in [0.15, 0.2) is 11.6 Å². The highest BCUT2D eigenvalue weighted by molar-refractivity contribution is 5.54. The van der Waals surface area contributed by atoms with Gasteiger partial charge < -0.3 is 0 Å². The Labute approximate surface area is 83.4 Å². The molecule has 2 rings (SSSR count). The predicted molar refractivity (Wildman–Crippen MR) is 55.8 cm³/mol. The topological polar surface area (TPSA) is 30.7 Å². The highest BCUT2D eigenvalue weighted by Gasteiger charge is 2.06. The Morgan fingerprint density at radius 1 is 1.21 bits per heavy atom. The van der Waals surface area contributed by atoms with E-state index in [0.29, 0.717) is 0 Å². The van der Waals surface area contributed by atoms with E-state index in [1.54, 1.807) is 0 Å². The van der Waals surface area contributed by atoms with E-state index in [1.807, 2.05) is 42.1 Å². The van der Waals surface area contributed by atoms with Gasteiger partial charge in [-0.15, -0.1) is 0 Å². The summed E-state index contributed by atoms with van der Waals surface area (Å²) in [5.41, 5.74) is 1.11. The molecule has 0 amide bonds. The van der Waals surface area contributed by atoms with Crippen molar-refractivity contribution in [2.24, 2.45) is 7.05 Å². The van der Waals surface area contributed by atoms with Crippen LogP contribution in [0, 0.1) is 0 Å². The molecule has 0 N–H and O–H groups in total. The molecule has 0 saturated heterocycles. The molecule has 72 valence electrons. The van der Waals surface area contributed by atoms with Crippen molar-refractivity contribution in [1.82, 2.24) is 14.8 Å². The number of nitrogens with zero attached hydrogens (tertiary/aromatic N) is 3. The maximum absolute atomic E-state index is 4.45. The molecule has 0 atom stereocenters. The SMILES string of the molecule is CCc1nc(-c2ccccc2)n(C)n1. The van der Waals surface area contributed by atoms with Crippen molar-refractivity contribution in [2.75, 3.05) is 0 Å². The van der Waals surface area contributed by atoms with Crippen LogP contribution in [0.1, 0.15) is 12.7 Å². The molecule has 1 aromatic heterocycles. The average Bonchev–Trinajstić information content (AvgIpc) is 2.61. The first-order chi connectivity index (χ1) is 6.81. The first-order valence-corrected chi connectivity index (χ1v) is 4.76. The van der Waals surface area contributed by atoms with Gasteiger partial charge in [0.05, 0.1) is 0 Å². The Kier molecular flexibility index (Phi) is 2.31. The summed E-state index contributed by atoms with van der Waals surface area (Å²) in [4.78, 5) is 4.45. The minimum absolute atomic E-state index is 0.876. The van der Waals surface area contributed by atoms with Gasteiger partial charge in [-0.05, 0) is 0 Å². The highest BCUT2D eigenvalue weighted by atomic mass is 15.3. The second-order valence-corrected chi connectivity index (χ2v) is 3.19. The van der Waals surface area contributed by atoms with Crippen LogP contribution in [0.3, 0.4) is 0 Å². The van der Waals surface area contributed by atoms with Crippen LogP contribution >= 0.6 is 0 Å². The van der Waals surface area contributed by atoms with Crippen molar-refractivity contribution in [3.63, 3.8) is 0 Å². The summed E-state index contributed by atoms with van der Waals surface area (Å²) >= 11 is 0. The molecule has 0 aliphatic heterocycles. The van der Waals surface area contributed by atoms with E-state index in [4.69, 9.17) is 0 Å². The number of benzene rings is 1. The summed E-state index contributed by atoms with van der Waals surface area (Å²) in [5.74, 6) is 1.83. The summed E-state index contributed by atoms with van der Waals surface area (Å²) in [5, 5.41) is 4.31. The van der Waals surface area contributed by atoms with Gasteiger partial charge in [-0.2, -0.15) is 5.10 Å². The van der Waals surface area contributed by atoms with Crippen LogP contribution in [0.4, 0.5) is 0 Å². The fraction of sp³-hybridized carbons (Fsp3) is 0.273. The molecule has 0 unspecified atom stereocenters. The Balaban J connectivity index is 2.46. The third kappa shape index (κ3) is 1.53. The largest absolute Gasteiger partial charge is 0.249 e. The standard InChI is InChI=1S/C11H13N3/c1-3-10-12-11(14(2)13-10)9-7-5-4-6-8-9/h4-8H,3H2,1-2H3. The second-order valence-electron chi connectivity index (χ2n) is 3.19. The molecule has 0 radical (unpaired) electrons. The van der Waals surface area contributed by atoms with Crippen molar-refractivity contribution in [3.05, 3.63) is 36.2 Å². The van der Waals surface area contributed by atoms with E-state index in [-0.39, 0.29) is 0 Å². The molecule has 3 heteroatoms. The van der Waals surface area contributed by atoms with Gasteiger partial charge in [-0.1, -0.05) is 37.3 Å². The number of rotatable bonds is 2. The summed E-state index contributed by atoms with van der Waals surface area (Å²) < 4.78 is 1.83. The van der Waals surface area contributed by atoms with Crippen LogP contribution in [0.25, 0.3) is 11.4 Å². The predicted octanol–water partition coefficient (Wildman–Crippen LogP) is 2.04. The van der Waals surface area contributed by atoms with Crippen molar-refractivity contribution < 1.29 is 0 Å². The third-order valence-electron chi connectivity index (χ3n) is 2.16. The molecule has 0 saturated carbocycles. The Morgan fingerprint density at radius 3 is 2.50 bits per heavy atom. The van der Waals surface area contributed by atoms with Gasteiger partial charge in [0.1, 0.15) is 0 Å². The molecule has 0 aliphatic rings. The first-order valence-electron chi connectivity index (χ1n) is 4.76.